The average Bonchev–Trinajstić information content (AvgIpc) is 3.49. The summed E-state index contributed by atoms with van der Waals surface area (Å²) in [6, 6.07) is 16.1. The fourth-order valence-corrected chi connectivity index (χ4v) is 6.74. The number of rotatable bonds is 5. The fourth-order valence-electron chi connectivity index (χ4n) is 6.22. The van der Waals surface area contributed by atoms with Crippen LogP contribution in [0.25, 0.3) is 0 Å². The molecule has 2 aliphatic heterocycles. The molecule has 3 amide bonds. The first kappa shape index (κ1) is 32.7. The lowest BCUT2D eigenvalue weighted by atomic mass is 10.1. The molecule has 0 aliphatic carbocycles. The van der Waals surface area contributed by atoms with Crippen LogP contribution in [0.15, 0.2) is 71.7 Å². The maximum Gasteiger partial charge on any atom is 0.263 e. The molecule has 45 heavy (non-hydrogen) atoms. The van der Waals surface area contributed by atoms with Gasteiger partial charge in [-0.25, -0.2) is 0 Å². The summed E-state index contributed by atoms with van der Waals surface area (Å²) in [4.78, 5) is 60.9. The van der Waals surface area contributed by atoms with Gasteiger partial charge in [0.2, 0.25) is 5.91 Å². The van der Waals surface area contributed by atoms with E-state index >= 15 is 0 Å². The van der Waals surface area contributed by atoms with Crippen molar-refractivity contribution >= 4 is 40.9 Å². The van der Waals surface area contributed by atoms with Crippen LogP contribution in [0.4, 0.5) is 0 Å². The molecule has 2 fully saturated rings. The van der Waals surface area contributed by atoms with Gasteiger partial charge >= 0.3 is 0 Å². The third-order valence-corrected chi connectivity index (χ3v) is 9.43. The van der Waals surface area contributed by atoms with E-state index in [1.807, 2.05) is 23.1 Å². The van der Waals surface area contributed by atoms with Crippen LogP contribution >= 0.6 is 23.2 Å². The molecule has 2 bridgehead atoms. The number of nitrogens with zero attached hydrogens (tertiary/aromatic N) is 4. The minimum Gasteiger partial charge on any atom is -0.354 e. The number of likely N-dealkylation sites (tertiary alicyclic amines) is 1. The van der Waals surface area contributed by atoms with Crippen molar-refractivity contribution in [3.05, 3.63) is 104 Å². The fraction of sp³-hybridized carbons (Fsp3) is 0.412. The van der Waals surface area contributed by atoms with Crippen LogP contribution in [-0.4, -0.2) is 88.3 Å². The Morgan fingerprint density at radius 1 is 0.844 bits per heavy atom. The molecule has 2 aromatic carbocycles. The topological polar surface area (TPSA) is 95.0 Å². The minimum absolute atomic E-state index is 0.0587. The highest BCUT2D eigenvalue weighted by atomic mass is 35.5. The number of aromatic nitrogens is 1. The Balaban J connectivity index is 1.46. The van der Waals surface area contributed by atoms with Crippen molar-refractivity contribution in [1.29, 1.82) is 0 Å². The molecule has 5 rings (SSSR count). The Morgan fingerprint density at radius 2 is 1.58 bits per heavy atom. The van der Waals surface area contributed by atoms with Crippen molar-refractivity contribution in [3.8, 4) is 0 Å². The van der Waals surface area contributed by atoms with Crippen molar-refractivity contribution in [2.75, 3.05) is 39.3 Å². The van der Waals surface area contributed by atoms with Gasteiger partial charge < -0.3 is 24.6 Å². The van der Waals surface area contributed by atoms with Gasteiger partial charge in [-0.05, 0) is 81.7 Å². The molecular formula is C34H39Cl2N5O4. The molecule has 2 aliphatic rings. The number of benzene rings is 2. The van der Waals surface area contributed by atoms with E-state index in [2.05, 4.69) is 17.1 Å². The van der Waals surface area contributed by atoms with E-state index in [-0.39, 0.29) is 36.9 Å². The third kappa shape index (κ3) is 7.60. The summed E-state index contributed by atoms with van der Waals surface area (Å²) in [5, 5.41) is 3.85. The Kier molecular flexibility index (Phi) is 11.0. The van der Waals surface area contributed by atoms with Crippen molar-refractivity contribution in [2.45, 2.75) is 51.2 Å². The summed E-state index contributed by atoms with van der Waals surface area (Å²) in [7, 11) is 0. The van der Waals surface area contributed by atoms with Gasteiger partial charge in [0.15, 0.2) is 0 Å². The summed E-state index contributed by atoms with van der Waals surface area (Å²) < 4.78 is 1.39. The third-order valence-electron chi connectivity index (χ3n) is 8.73. The lowest BCUT2D eigenvalue weighted by molar-refractivity contribution is -0.124. The normalized spacial score (nSPS) is 20.0. The number of carbonyl (C=O) groups is 3. The number of carbonyl (C=O) groups excluding carboxylic acids is 3. The Hall–Kier alpha value is -3.66. The second kappa shape index (κ2) is 15.1. The van der Waals surface area contributed by atoms with Crippen molar-refractivity contribution < 1.29 is 14.4 Å². The van der Waals surface area contributed by atoms with Crippen molar-refractivity contribution in [2.24, 2.45) is 0 Å². The van der Waals surface area contributed by atoms with E-state index < -0.39 is 23.6 Å². The van der Waals surface area contributed by atoms with Crippen LogP contribution in [0.2, 0.25) is 10.0 Å². The van der Waals surface area contributed by atoms with Gasteiger partial charge in [-0.3, -0.25) is 19.2 Å². The predicted molar refractivity (Wildman–Crippen MR) is 176 cm³/mol. The largest absolute Gasteiger partial charge is 0.354 e. The van der Waals surface area contributed by atoms with E-state index in [4.69, 9.17) is 23.2 Å². The van der Waals surface area contributed by atoms with Gasteiger partial charge in [0.1, 0.15) is 11.6 Å². The molecule has 0 saturated carbocycles. The number of pyridine rings is 1. The average molecular weight is 653 g/mol. The molecule has 2 saturated heterocycles. The first-order chi connectivity index (χ1) is 21.8. The summed E-state index contributed by atoms with van der Waals surface area (Å²) in [6.45, 7) is 5.99. The molecule has 238 valence electrons. The second-order valence-corrected chi connectivity index (χ2v) is 12.4. The number of nitrogens with one attached hydrogen (secondary N) is 1. The maximum atomic E-state index is 14.1. The molecule has 3 heterocycles. The van der Waals surface area contributed by atoms with E-state index in [9.17, 15) is 19.2 Å². The molecule has 0 unspecified atom stereocenters. The van der Waals surface area contributed by atoms with Gasteiger partial charge in [-0.2, -0.15) is 0 Å². The van der Waals surface area contributed by atoms with Gasteiger partial charge in [0.25, 0.3) is 17.4 Å². The molecular weight excluding hydrogens is 613 g/mol. The van der Waals surface area contributed by atoms with Crippen molar-refractivity contribution in [3.63, 3.8) is 0 Å². The Bertz CT molecular complexity index is 1560. The van der Waals surface area contributed by atoms with E-state index in [0.717, 1.165) is 38.9 Å². The van der Waals surface area contributed by atoms with E-state index in [1.54, 1.807) is 42.6 Å². The molecule has 1 aromatic heterocycles. The van der Waals surface area contributed by atoms with E-state index in [0.29, 0.717) is 34.3 Å². The zero-order valence-electron chi connectivity index (χ0n) is 25.5. The lowest BCUT2D eigenvalue weighted by Gasteiger charge is -2.30. The van der Waals surface area contributed by atoms with Gasteiger partial charge in [-0.15, -0.1) is 0 Å². The molecule has 1 N–H and O–H groups in total. The predicted octanol–water partition coefficient (Wildman–Crippen LogP) is 4.55. The molecule has 3 aromatic rings. The smallest absolute Gasteiger partial charge is 0.263 e. The molecule has 2 atom stereocenters. The lowest BCUT2D eigenvalue weighted by Crippen LogP contribution is -2.47. The summed E-state index contributed by atoms with van der Waals surface area (Å²) >= 11 is 12.7. The Morgan fingerprint density at radius 3 is 2.31 bits per heavy atom. The van der Waals surface area contributed by atoms with E-state index in [1.165, 1.54) is 15.5 Å². The monoisotopic (exact) mass is 651 g/mol. The van der Waals surface area contributed by atoms with Crippen LogP contribution in [0.5, 0.6) is 0 Å². The highest BCUT2D eigenvalue weighted by molar-refractivity contribution is 6.36. The Labute approximate surface area is 273 Å². The van der Waals surface area contributed by atoms with Crippen LogP contribution in [0, 0.1) is 0 Å². The number of hydrogen-bond donors (Lipinski definition) is 1. The second-order valence-electron chi connectivity index (χ2n) is 11.6. The maximum absolute atomic E-state index is 14.1. The number of fused-ring (bicyclic) bond motifs is 2. The first-order valence-corrected chi connectivity index (χ1v) is 16.3. The number of hydrogen-bond acceptors (Lipinski definition) is 5. The highest BCUT2D eigenvalue weighted by Crippen LogP contribution is 2.27. The van der Waals surface area contributed by atoms with Gasteiger partial charge in [0, 0.05) is 47.0 Å². The first-order valence-electron chi connectivity index (χ1n) is 15.6. The van der Waals surface area contributed by atoms with Crippen LogP contribution in [-0.2, 0) is 11.3 Å². The summed E-state index contributed by atoms with van der Waals surface area (Å²) in [5.41, 5.74) is 0.557. The summed E-state index contributed by atoms with van der Waals surface area (Å²) in [5.74, 6) is -0.958. The molecule has 11 heteroatoms. The SMILES string of the molecule is CCN1CCCCNC(=O)[C@@H]2C[C@@H](CN2C(=O)c2cccn(Cc3c(Cl)cccc3Cl)c2=O)N(C(=O)c2ccccc2)CCC1. The van der Waals surface area contributed by atoms with Crippen LogP contribution < -0.4 is 10.9 Å². The quantitative estimate of drug-likeness (QED) is 0.437. The van der Waals surface area contributed by atoms with Crippen LogP contribution in [0.1, 0.15) is 58.9 Å². The van der Waals surface area contributed by atoms with Crippen molar-refractivity contribution in [1.82, 2.24) is 24.6 Å². The standard InChI is InChI=1S/C34H39Cl2N5O4/c1-2-38-17-7-6-16-37-31(42)30-21-25(40(20-10-18-38)32(43)24-11-4-3-5-12-24)22-41(30)34(45)26-13-9-19-39(33(26)44)23-27-28(35)14-8-15-29(27)36/h3-5,8-9,11-15,19,25,30H,2,6-7,10,16-18,20-23H2,1H3,(H,37,42)/t25-,30-/m0/s1. The van der Waals surface area contributed by atoms with Crippen LogP contribution in [0.3, 0.4) is 0 Å². The zero-order chi connectivity index (χ0) is 31.9. The van der Waals surface area contributed by atoms with Gasteiger partial charge in [0.05, 0.1) is 12.6 Å². The molecule has 9 nitrogen and oxygen atoms in total. The number of halogens is 2. The summed E-state index contributed by atoms with van der Waals surface area (Å²) in [6.07, 6.45) is 4.37. The minimum atomic E-state index is -0.824. The zero-order valence-corrected chi connectivity index (χ0v) is 27.0. The van der Waals surface area contributed by atoms with Gasteiger partial charge in [-0.1, -0.05) is 54.4 Å². The highest BCUT2D eigenvalue weighted by Gasteiger charge is 2.43. The number of amides is 3. The molecule has 0 radical (unpaired) electrons. The molecule has 0 spiro atoms.